The third-order valence-corrected chi connectivity index (χ3v) is 1.77. The van der Waals surface area contributed by atoms with Crippen LogP contribution in [0.25, 0.3) is 0 Å². The van der Waals surface area contributed by atoms with Gasteiger partial charge >= 0.3 is 23.9 Å². The number of ketones is 1. The summed E-state index contributed by atoms with van der Waals surface area (Å²) < 4.78 is 0. The first kappa shape index (κ1) is 21.8. The van der Waals surface area contributed by atoms with E-state index in [0.717, 1.165) is 0 Å². The van der Waals surface area contributed by atoms with E-state index in [4.69, 9.17) is 10.2 Å². The van der Waals surface area contributed by atoms with Crippen LogP contribution in [0.3, 0.4) is 0 Å². The molecule has 0 bridgehead atoms. The Labute approximate surface area is 127 Å². The van der Waals surface area contributed by atoms with Crippen molar-refractivity contribution in [2.24, 2.45) is 0 Å². The van der Waals surface area contributed by atoms with E-state index in [2.05, 4.69) is 9.78 Å². The van der Waals surface area contributed by atoms with Crippen molar-refractivity contribution >= 4 is 29.7 Å². The molecule has 0 heterocycles. The van der Waals surface area contributed by atoms with E-state index in [1.165, 1.54) is 13.8 Å². The normalized spacial score (nSPS) is 9.00. The molecule has 0 aliphatic rings. The highest BCUT2D eigenvalue weighted by Gasteiger charge is 2.11. The number of carboxylic acid groups (broad SMARTS) is 2. The van der Waals surface area contributed by atoms with Gasteiger partial charge in [-0.3, -0.25) is 9.59 Å². The van der Waals surface area contributed by atoms with E-state index in [9.17, 15) is 24.0 Å². The third kappa shape index (κ3) is 22.7. The van der Waals surface area contributed by atoms with Crippen molar-refractivity contribution in [3.05, 3.63) is 0 Å². The summed E-state index contributed by atoms with van der Waals surface area (Å²) in [6.07, 6.45) is -0.526. The Balaban J connectivity index is 0. The first-order valence-electron chi connectivity index (χ1n) is 6.46. The van der Waals surface area contributed by atoms with E-state index in [-0.39, 0.29) is 44.3 Å². The predicted octanol–water partition coefficient (Wildman–Crippen LogP) is 1.09. The molecular weight excluding hydrogens is 300 g/mol. The SMILES string of the molecule is CC(C)=O.O=C(O)CCCC(=O)OOC(=O)CCCC(=O)O. The molecule has 0 saturated carbocycles. The average Bonchev–Trinajstić information content (AvgIpc) is 2.34. The van der Waals surface area contributed by atoms with Gasteiger partial charge in [-0.1, -0.05) is 0 Å². The topological polar surface area (TPSA) is 144 Å². The molecule has 0 fully saturated rings. The molecule has 0 aromatic heterocycles. The molecule has 126 valence electrons. The molecule has 0 aliphatic carbocycles. The summed E-state index contributed by atoms with van der Waals surface area (Å²) in [7, 11) is 0. The van der Waals surface area contributed by atoms with Crippen LogP contribution in [0.5, 0.6) is 0 Å². The molecule has 0 radical (unpaired) electrons. The van der Waals surface area contributed by atoms with Gasteiger partial charge in [0, 0.05) is 12.8 Å². The number of rotatable bonds is 8. The van der Waals surface area contributed by atoms with Crippen molar-refractivity contribution in [2.45, 2.75) is 52.4 Å². The first-order valence-corrected chi connectivity index (χ1v) is 6.46. The summed E-state index contributed by atoms with van der Waals surface area (Å²) in [6.45, 7) is 3.06. The number of hydrogen-bond donors (Lipinski definition) is 2. The maximum absolute atomic E-state index is 10.9. The second-order valence-electron chi connectivity index (χ2n) is 4.31. The van der Waals surface area contributed by atoms with E-state index in [1.807, 2.05) is 0 Å². The Kier molecular flexibility index (Phi) is 13.4. The van der Waals surface area contributed by atoms with Crippen LogP contribution in [-0.4, -0.2) is 39.9 Å². The molecule has 0 aromatic carbocycles. The fourth-order valence-corrected chi connectivity index (χ4v) is 0.944. The minimum atomic E-state index is -1.03. The van der Waals surface area contributed by atoms with Gasteiger partial charge in [0.15, 0.2) is 0 Å². The summed E-state index contributed by atoms with van der Waals surface area (Å²) in [5.41, 5.74) is 0. The van der Waals surface area contributed by atoms with Crippen molar-refractivity contribution in [1.29, 1.82) is 0 Å². The van der Waals surface area contributed by atoms with Gasteiger partial charge in [0.25, 0.3) is 0 Å². The fourth-order valence-electron chi connectivity index (χ4n) is 0.944. The maximum atomic E-state index is 10.9. The highest BCUT2D eigenvalue weighted by atomic mass is 17.2. The van der Waals surface area contributed by atoms with Gasteiger partial charge in [0.2, 0.25) is 0 Å². The van der Waals surface area contributed by atoms with Crippen LogP contribution >= 0.6 is 0 Å². The highest BCUT2D eigenvalue weighted by molar-refractivity contribution is 5.74. The number of carboxylic acids is 2. The quantitative estimate of drug-likeness (QED) is 0.495. The van der Waals surface area contributed by atoms with Crippen molar-refractivity contribution in [1.82, 2.24) is 0 Å². The largest absolute Gasteiger partial charge is 0.481 e. The molecule has 0 rings (SSSR count). The van der Waals surface area contributed by atoms with Gasteiger partial charge in [-0.25, -0.2) is 19.4 Å². The van der Waals surface area contributed by atoms with Gasteiger partial charge in [0.1, 0.15) is 5.78 Å². The molecule has 0 aromatic rings. The van der Waals surface area contributed by atoms with E-state index in [0.29, 0.717) is 0 Å². The van der Waals surface area contributed by atoms with Crippen molar-refractivity contribution < 1.29 is 44.0 Å². The number of carbonyl (C=O) groups is 5. The lowest BCUT2D eigenvalue weighted by Gasteiger charge is -2.02. The summed E-state index contributed by atoms with van der Waals surface area (Å²) in [5.74, 6) is -3.59. The van der Waals surface area contributed by atoms with Gasteiger partial charge in [0.05, 0.1) is 12.8 Å². The molecular formula is C13H20O9. The molecule has 0 amide bonds. The smallest absolute Gasteiger partial charge is 0.355 e. The number of aliphatic carboxylic acids is 2. The van der Waals surface area contributed by atoms with Crippen LogP contribution in [-0.2, 0) is 33.7 Å². The van der Waals surface area contributed by atoms with Gasteiger partial charge < -0.3 is 15.0 Å². The second-order valence-corrected chi connectivity index (χ2v) is 4.31. The summed E-state index contributed by atoms with van der Waals surface area (Å²) in [4.78, 5) is 59.8. The maximum Gasteiger partial charge on any atom is 0.355 e. The highest BCUT2D eigenvalue weighted by Crippen LogP contribution is 2.01. The van der Waals surface area contributed by atoms with Gasteiger partial charge in [-0.2, -0.15) is 0 Å². The summed E-state index contributed by atoms with van der Waals surface area (Å²) in [6, 6.07) is 0. The Morgan fingerprint density at radius 2 is 0.955 bits per heavy atom. The molecule has 9 nitrogen and oxygen atoms in total. The summed E-state index contributed by atoms with van der Waals surface area (Å²) in [5, 5.41) is 16.6. The van der Waals surface area contributed by atoms with Crippen LogP contribution in [0, 0.1) is 0 Å². The van der Waals surface area contributed by atoms with Gasteiger partial charge in [-0.05, 0) is 26.7 Å². The third-order valence-electron chi connectivity index (χ3n) is 1.77. The lowest BCUT2D eigenvalue weighted by molar-refractivity contribution is -0.259. The van der Waals surface area contributed by atoms with Crippen LogP contribution < -0.4 is 0 Å². The van der Waals surface area contributed by atoms with Crippen molar-refractivity contribution in [3.8, 4) is 0 Å². The molecule has 22 heavy (non-hydrogen) atoms. The zero-order valence-corrected chi connectivity index (χ0v) is 12.5. The van der Waals surface area contributed by atoms with Crippen molar-refractivity contribution in [2.75, 3.05) is 0 Å². The zero-order valence-electron chi connectivity index (χ0n) is 12.5. The molecule has 0 atom stereocenters. The summed E-state index contributed by atoms with van der Waals surface area (Å²) >= 11 is 0. The molecule has 0 saturated heterocycles. The first-order chi connectivity index (χ1) is 10.1. The monoisotopic (exact) mass is 320 g/mol. The Morgan fingerprint density at radius 3 is 1.18 bits per heavy atom. The predicted molar refractivity (Wildman–Crippen MR) is 71.5 cm³/mol. The Hall–Kier alpha value is -2.45. The Bertz CT molecular complexity index is 364. The molecule has 0 unspecified atom stereocenters. The van der Waals surface area contributed by atoms with Crippen molar-refractivity contribution in [3.63, 3.8) is 0 Å². The molecule has 0 spiro atoms. The standard InChI is InChI=1S/C10H14O8.C3H6O/c11-7(12)3-1-5-9(15)17-18-10(16)6-2-4-8(13)14;1-3(2)4/h1-6H2,(H,11,12)(H,13,14);1-2H3. The van der Waals surface area contributed by atoms with E-state index >= 15 is 0 Å². The minimum absolute atomic E-state index is 0.0880. The molecule has 2 N–H and O–H groups in total. The zero-order chi connectivity index (χ0) is 17.5. The van der Waals surface area contributed by atoms with Crippen LogP contribution in [0.1, 0.15) is 52.4 Å². The van der Waals surface area contributed by atoms with Crippen LogP contribution in [0.2, 0.25) is 0 Å². The number of carbonyl (C=O) groups excluding carboxylic acids is 3. The Morgan fingerprint density at radius 1 is 0.682 bits per heavy atom. The van der Waals surface area contributed by atoms with E-state index in [1.54, 1.807) is 0 Å². The number of Topliss-reactive ketones (excluding diaryl/α,β-unsaturated/α-hetero) is 1. The van der Waals surface area contributed by atoms with Crippen LogP contribution in [0.15, 0.2) is 0 Å². The second kappa shape index (κ2) is 13.5. The van der Waals surface area contributed by atoms with Crippen LogP contribution in [0.4, 0.5) is 0 Å². The molecule has 0 aliphatic heterocycles. The van der Waals surface area contributed by atoms with Gasteiger partial charge in [-0.15, -0.1) is 0 Å². The minimum Gasteiger partial charge on any atom is -0.481 e. The lowest BCUT2D eigenvalue weighted by atomic mass is 10.2. The average molecular weight is 320 g/mol. The molecule has 9 heteroatoms. The number of hydrogen-bond acceptors (Lipinski definition) is 7. The lowest BCUT2D eigenvalue weighted by Crippen LogP contribution is -2.12. The fraction of sp³-hybridized carbons (Fsp3) is 0.615. The van der Waals surface area contributed by atoms with E-state index < -0.39 is 23.9 Å².